The fourth-order valence-corrected chi connectivity index (χ4v) is 2.49. The summed E-state index contributed by atoms with van der Waals surface area (Å²) < 4.78 is 1.90. The van der Waals surface area contributed by atoms with Gasteiger partial charge in [-0.15, -0.1) is 0 Å². The second-order valence-electron chi connectivity index (χ2n) is 5.28. The van der Waals surface area contributed by atoms with E-state index in [0.717, 1.165) is 32.5 Å². The maximum atomic E-state index is 10.9. The second kappa shape index (κ2) is 6.16. The van der Waals surface area contributed by atoms with Crippen molar-refractivity contribution in [2.75, 3.05) is 19.6 Å². The molecule has 1 fully saturated rings. The van der Waals surface area contributed by atoms with Crippen LogP contribution in [0.3, 0.4) is 0 Å². The second-order valence-corrected chi connectivity index (χ2v) is 5.28. The maximum Gasteiger partial charge on any atom is 0.231 e. The highest BCUT2D eigenvalue weighted by Gasteiger charge is 2.19. The zero-order valence-corrected chi connectivity index (χ0v) is 11.7. The molecule has 1 aromatic rings. The number of carbonyl (C=O) groups is 1. The molecule has 0 aliphatic carbocycles. The minimum atomic E-state index is -0.239. The van der Waals surface area contributed by atoms with Crippen LogP contribution in [0.5, 0.6) is 0 Å². The van der Waals surface area contributed by atoms with Crippen LogP contribution >= 0.6 is 0 Å². The van der Waals surface area contributed by atoms with Crippen LogP contribution in [0.25, 0.3) is 0 Å². The van der Waals surface area contributed by atoms with Gasteiger partial charge in [0, 0.05) is 44.0 Å². The molecule has 0 saturated carbocycles. The van der Waals surface area contributed by atoms with E-state index in [-0.39, 0.29) is 5.91 Å². The van der Waals surface area contributed by atoms with E-state index in [0.29, 0.717) is 12.6 Å². The first-order valence-corrected chi connectivity index (χ1v) is 6.78. The lowest BCUT2D eigenvalue weighted by Gasteiger charge is -2.31. The standard InChI is InChI=1S/C13H23N5O/c1-10-11(8-16-17(10)2)7-15-12-3-5-18(6-4-12)9-13(14)19/h8,12,15H,3-7,9H2,1-2H3,(H2,14,19). The Morgan fingerprint density at radius 2 is 2.21 bits per heavy atom. The van der Waals surface area contributed by atoms with Gasteiger partial charge in [-0.25, -0.2) is 0 Å². The van der Waals surface area contributed by atoms with Crippen molar-refractivity contribution in [3.05, 3.63) is 17.5 Å². The van der Waals surface area contributed by atoms with Gasteiger partial charge in [0.15, 0.2) is 0 Å². The average Bonchev–Trinajstić information content (AvgIpc) is 2.69. The van der Waals surface area contributed by atoms with Gasteiger partial charge in [-0.05, 0) is 19.8 Å². The number of hydrogen-bond donors (Lipinski definition) is 2. The molecule has 6 nitrogen and oxygen atoms in total. The highest BCUT2D eigenvalue weighted by molar-refractivity contribution is 5.75. The zero-order valence-electron chi connectivity index (χ0n) is 11.7. The van der Waals surface area contributed by atoms with Crippen LogP contribution in [-0.4, -0.2) is 46.3 Å². The van der Waals surface area contributed by atoms with Crippen LogP contribution in [0.2, 0.25) is 0 Å². The number of amides is 1. The Hall–Kier alpha value is -1.40. The van der Waals surface area contributed by atoms with Crippen LogP contribution < -0.4 is 11.1 Å². The molecule has 0 aromatic carbocycles. The van der Waals surface area contributed by atoms with E-state index in [1.807, 2.05) is 17.9 Å². The third kappa shape index (κ3) is 3.78. The third-order valence-electron chi connectivity index (χ3n) is 3.89. The van der Waals surface area contributed by atoms with E-state index in [1.54, 1.807) is 0 Å². The number of aryl methyl sites for hydroxylation is 1. The smallest absolute Gasteiger partial charge is 0.231 e. The van der Waals surface area contributed by atoms with Gasteiger partial charge in [0.2, 0.25) is 5.91 Å². The first-order valence-electron chi connectivity index (χ1n) is 6.78. The van der Waals surface area contributed by atoms with Gasteiger partial charge in [0.25, 0.3) is 0 Å². The van der Waals surface area contributed by atoms with Crippen molar-refractivity contribution in [2.45, 2.75) is 32.4 Å². The molecule has 6 heteroatoms. The topological polar surface area (TPSA) is 76.2 Å². The Labute approximate surface area is 113 Å². The molecule has 0 radical (unpaired) electrons. The number of piperidine rings is 1. The summed E-state index contributed by atoms with van der Waals surface area (Å²) in [5.41, 5.74) is 7.67. The summed E-state index contributed by atoms with van der Waals surface area (Å²) in [5, 5.41) is 7.81. The lowest BCUT2D eigenvalue weighted by atomic mass is 10.0. The van der Waals surface area contributed by atoms with Crippen LogP contribution in [0.15, 0.2) is 6.20 Å². The van der Waals surface area contributed by atoms with Crippen molar-refractivity contribution in [1.82, 2.24) is 20.0 Å². The van der Waals surface area contributed by atoms with E-state index in [2.05, 4.69) is 22.2 Å². The molecule has 0 bridgehead atoms. The summed E-state index contributed by atoms with van der Waals surface area (Å²) in [7, 11) is 1.96. The lowest BCUT2D eigenvalue weighted by Crippen LogP contribution is -2.45. The number of likely N-dealkylation sites (tertiary alicyclic amines) is 1. The van der Waals surface area contributed by atoms with Gasteiger partial charge in [-0.1, -0.05) is 0 Å². The first-order chi connectivity index (χ1) is 9.06. The molecule has 2 heterocycles. The van der Waals surface area contributed by atoms with E-state index in [9.17, 15) is 4.79 Å². The van der Waals surface area contributed by atoms with E-state index in [4.69, 9.17) is 5.73 Å². The predicted octanol–water partition coefficient (Wildman–Crippen LogP) is -0.232. The molecule has 3 N–H and O–H groups in total. The fourth-order valence-electron chi connectivity index (χ4n) is 2.49. The van der Waals surface area contributed by atoms with Crippen molar-refractivity contribution in [3.8, 4) is 0 Å². The lowest BCUT2D eigenvalue weighted by molar-refractivity contribution is -0.119. The largest absolute Gasteiger partial charge is 0.369 e. The molecular weight excluding hydrogens is 242 g/mol. The van der Waals surface area contributed by atoms with Crippen LogP contribution in [0, 0.1) is 6.92 Å². The van der Waals surface area contributed by atoms with Crippen molar-refractivity contribution >= 4 is 5.91 Å². The molecule has 1 aromatic heterocycles. The molecule has 0 unspecified atom stereocenters. The molecule has 0 atom stereocenters. The Morgan fingerprint density at radius 3 is 2.74 bits per heavy atom. The van der Waals surface area contributed by atoms with Gasteiger partial charge in [-0.2, -0.15) is 5.10 Å². The number of nitrogens with zero attached hydrogens (tertiary/aromatic N) is 3. The number of rotatable bonds is 5. The highest BCUT2D eigenvalue weighted by atomic mass is 16.1. The van der Waals surface area contributed by atoms with Crippen molar-refractivity contribution in [2.24, 2.45) is 12.8 Å². The number of primary amides is 1. The summed E-state index contributed by atoms with van der Waals surface area (Å²) in [6.45, 7) is 5.20. The number of nitrogens with one attached hydrogen (secondary N) is 1. The average molecular weight is 265 g/mol. The van der Waals surface area contributed by atoms with Gasteiger partial charge in [-0.3, -0.25) is 14.4 Å². The van der Waals surface area contributed by atoms with Gasteiger partial charge in [0.1, 0.15) is 0 Å². The number of carbonyl (C=O) groups excluding carboxylic acids is 1. The molecule has 1 aliphatic rings. The fraction of sp³-hybridized carbons (Fsp3) is 0.692. The van der Waals surface area contributed by atoms with Gasteiger partial charge >= 0.3 is 0 Å². The highest BCUT2D eigenvalue weighted by Crippen LogP contribution is 2.12. The van der Waals surface area contributed by atoms with Gasteiger partial charge < -0.3 is 11.1 Å². The molecule has 0 spiro atoms. The number of aromatic nitrogens is 2. The minimum Gasteiger partial charge on any atom is -0.369 e. The van der Waals surface area contributed by atoms with E-state index >= 15 is 0 Å². The van der Waals surface area contributed by atoms with Crippen LogP contribution in [-0.2, 0) is 18.4 Å². The molecule has 2 rings (SSSR count). The Morgan fingerprint density at radius 1 is 1.53 bits per heavy atom. The third-order valence-corrected chi connectivity index (χ3v) is 3.89. The molecular formula is C13H23N5O. The molecule has 1 amide bonds. The van der Waals surface area contributed by atoms with Crippen molar-refractivity contribution in [1.29, 1.82) is 0 Å². The maximum absolute atomic E-state index is 10.9. The predicted molar refractivity (Wildman–Crippen MR) is 73.4 cm³/mol. The minimum absolute atomic E-state index is 0.239. The van der Waals surface area contributed by atoms with E-state index in [1.165, 1.54) is 11.3 Å². The first kappa shape index (κ1) is 14.0. The molecule has 1 aliphatic heterocycles. The monoisotopic (exact) mass is 265 g/mol. The Kier molecular flexibility index (Phi) is 4.55. The number of nitrogens with two attached hydrogens (primary N) is 1. The summed E-state index contributed by atoms with van der Waals surface area (Å²) in [4.78, 5) is 13.0. The summed E-state index contributed by atoms with van der Waals surface area (Å²) in [6, 6.07) is 0.517. The normalized spacial score (nSPS) is 17.8. The van der Waals surface area contributed by atoms with Crippen LogP contribution in [0.4, 0.5) is 0 Å². The quantitative estimate of drug-likeness (QED) is 0.771. The SMILES string of the molecule is Cc1c(CNC2CCN(CC(N)=O)CC2)cnn1C. The van der Waals surface area contributed by atoms with Crippen molar-refractivity contribution < 1.29 is 4.79 Å². The summed E-state index contributed by atoms with van der Waals surface area (Å²) in [5.74, 6) is -0.239. The van der Waals surface area contributed by atoms with Crippen molar-refractivity contribution in [3.63, 3.8) is 0 Å². The van der Waals surface area contributed by atoms with E-state index < -0.39 is 0 Å². The summed E-state index contributed by atoms with van der Waals surface area (Å²) >= 11 is 0. The molecule has 1 saturated heterocycles. The molecule has 19 heavy (non-hydrogen) atoms. The summed E-state index contributed by atoms with van der Waals surface area (Å²) in [6.07, 6.45) is 4.05. The zero-order chi connectivity index (χ0) is 13.8. The Bertz CT molecular complexity index is 434. The number of hydrogen-bond acceptors (Lipinski definition) is 4. The van der Waals surface area contributed by atoms with Crippen LogP contribution in [0.1, 0.15) is 24.1 Å². The van der Waals surface area contributed by atoms with Gasteiger partial charge in [0.05, 0.1) is 12.7 Å². The molecule has 106 valence electrons. The Balaban J connectivity index is 1.74.